The molecule has 2 aromatic carbocycles. The number of anilines is 1. The van der Waals surface area contributed by atoms with Crippen molar-refractivity contribution in [2.24, 2.45) is 0 Å². The molecule has 0 fully saturated rings. The van der Waals surface area contributed by atoms with E-state index in [0.29, 0.717) is 5.13 Å². The summed E-state index contributed by atoms with van der Waals surface area (Å²) in [7, 11) is 0. The number of hydrogen-bond donors (Lipinski definition) is 2. The lowest BCUT2D eigenvalue weighted by molar-refractivity contribution is 0.102. The Morgan fingerprint density at radius 2 is 1.82 bits per heavy atom. The highest BCUT2D eigenvalue weighted by molar-refractivity contribution is 7.15. The van der Waals surface area contributed by atoms with Crippen molar-refractivity contribution in [2.45, 2.75) is 6.42 Å². The van der Waals surface area contributed by atoms with E-state index in [-0.39, 0.29) is 17.2 Å². The summed E-state index contributed by atoms with van der Waals surface area (Å²) in [4.78, 5) is 17.4. The molecule has 0 radical (unpaired) electrons. The molecule has 4 nitrogen and oxygen atoms in total. The molecule has 3 rings (SSSR count). The third-order valence-corrected chi connectivity index (χ3v) is 4.06. The van der Waals surface area contributed by atoms with Gasteiger partial charge in [-0.25, -0.2) is 4.98 Å². The lowest BCUT2D eigenvalue weighted by Gasteiger charge is -2.03. The maximum absolute atomic E-state index is 12.1. The summed E-state index contributed by atoms with van der Waals surface area (Å²) in [6.07, 6.45) is 2.54. The first-order valence-electron chi connectivity index (χ1n) is 6.80. The van der Waals surface area contributed by atoms with E-state index in [1.165, 1.54) is 23.0 Å². The fourth-order valence-corrected chi connectivity index (χ4v) is 2.92. The molecule has 0 unspecified atom stereocenters. The number of nitrogens with one attached hydrogen (secondary N) is 1. The number of aromatic hydroxyl groups is 1. The maximum Gasteiger partial charge on any atom is 0.261 e. The zero-order valence-electron chi connectivity index (χ0n) is 11.7. The van der Waals surface area contributed by atoms with Crippen LogP contribution in [0.25, 0.3) is 0 Å². The molecule has 1 heterocycles. The molecular formula is C17H14N2O2S. The summed E-state index contributed by atoms with van der Waals surface area (Å²) >= 11 is 1.43. The summed E-state index contributed by atoms with van der Waals surface area (Å²) in [5.74, 6) is -0.403. The molecule has 0 aliphatic carbocycles. The number of amides is 1. The summed E-state index contributed by atoms with van der Waals surface area (Å²) in [6, 6.07) is 16.5. The molecule has 0 aliphatic heterocycles. The Morgan fingerprint density at radius 3 is 2.59 bits per heavy atom. The Balaban J connectivity index is 1.69. The number of aromatic nitrogens is 1. The van der Waals surface area contributed by atoms with Crippen molar-refractivity contribution in [1.82, 2.24) is 4.98 Å². The topological polar surface area (TPSA) is 62.2 Å². The number of rotatable bonds is 4. The maximum atomic E-state index is 12.1. The zero-order chi connectivity index (χ0) is 15.4. The Kier molecular flexibility index (Phi) is 4.16. The SMILES string of the molecule is O=C(Nc1ncc(Cc2ccccc2)s1)c1ccccc1O. The first-order chi connectivity index (χ1) is 10.7. The Hall–Kier alpha value is -2.66. The average Bonchev–Trinajstić information content (AvgIpc) is 2.95. The molecule has 3 aromatic rings. The van der Waals surface area contributed by atoms with E-state index >= 15 is 0 Å². The number of benzene rings is 2. The standard InChI is InChI=1S/C17H14N2O2S/c20-15-9-5-4-8-14(15)16(21)19-17-18-11-13(22-17)10-12-6-2-1-3-7-12/h1-9,11,20H,10H2,(H,18,19,21). The van der Waals surface area contributed by atoms with E-state index in [4.69, 9.17) is 0 Å². The van der Waals surface area contributed by atoms with Gasteiger partial charge in [-0.05, 0) is 17.7 Å². The first-order valence-corrected chi connectivity index (χ1v) is 7.62. The number of para-hydroxylation sites is 1. The fourth-order valence-electron chi connectivity index (χ4n) is 2.07. The number of phenols is 1. The molecule has 0 saturated heterocycles. The zero-order valence-corrected chi connectivity index (χ0v) is 12.5. The number of thiazole rings is 1. The van der Waals surface area contributed by atoms with E-state index < -0.39 is 0 Å². The van der Waals surface area contributed by atoms with Gasteiger partial charge in [-0.3, -0.25) is 10.1 Å². The highest BCUT2D eigenvalue weighted by Gasteiger charge is 2.12. The molecule has 1 aromatic heterocycles. The van der Waals surface area contributed by atoms with Crippen molar-refractivity contribution in [3.05, 3.63) is 76.8 Å². The third kappa shape index (κ3) is 3.32. The van der Waals surface area contributed by atoms with Crippen molar-refractivity contribution in [3.8, 4) is 5.75 Å². The second kappa shape index (κ2) is 6.41. The first kappa shape index (κ1) is 14.3. The molecule has 0 bridgehead atoms. The van der Waals surface area contributed by atoms with E-state index in [1.54, 1.807) is 24.4 Å². The van der Waals surface area contributed by atoms with Crippen molar-refractivity contribution in [3.63, 3.8) is 0 Å². The van der Waals surface area contributed by atoms with Gasteiger partial charge in [0.25, 0.3) is 5.91 Å². The number of phenolic OH excluding ortho intramolecular Hbond substituents is 1. The summed E-state index contributed by atoms with van der Waals surface area (Å²) in [5.41, 5.74) is 1.44. The largest absolute Gasteiger partial charge is 0.507 e. The summed E-state index contributed by atoms with van der Waals surface area (Å²) in [6.45, 7) is 0. The van der Waals surface area contributed by atoms with Gasteiger partial charge in [-0.15, -0.1) is 11.3 Å². The van der Waals surface area contributed by atoms with Crippen molar-refractivity contribution < 1.29 is 9.90 Å². The minimum atomic E-state index is -0.362. The molecule has 22 heavy (non-hydrogen) atoms. The van der Waals surface area contributed by atoms with Crippen molar-refractivity contribution in [1.29, 1.82) is 0 Å². The predicted octanol–water partition coefficient (Wildman–Crippen LogP) is 3.69. The van der Waals surface area contributed by atoms with E-state index in [1.807, 2.05) is 18.2 Å². The van der Waals surface area contributed by atoms with Crippen LogP contribution < -0.4 is 5.32 Å². The van der Waals surface area contributed by atoms with Crippen LogP contribution >= 0.6 is 11.3 Å². The normalized spacial score (nSPS) is 10.4. The Labute approximate surface area is 132 Å². The van der Waals surface area contributed by atoms with Gasteiger partial charge >= 0.3 is 0 Å². The molecule has 1 amide bonds. The van der Waals surface area contributed by atoms with Crippen LogP contribution in [0.5, 0.6) is 5.75 Å². The molecule has 0 saturated carbocycles. The van der Waals surface area contributed by atoms with Crippen molar-refractivity contribution in [2.75, 3.05) is 5.32 Å². The van der Waals surface area contributed by atoms with Crippen LogP contribution in [-0.2, 0) is 6.42 Å². The second-order valence-electron chi connectivity index (χ2n) is 4.77. The Bertz CT molecular complexity index is 784. The van der Waals surface area contributed by atoms with Crippen LogP contribution in [0.3, 0.4) is 0 Å². The minimum Gasteiger partial charge on any atom is -0.507 e. The molecule has 0 atom stereocenters. The smallest absolute Gasteiger partial charge is 0.261 e. The van der Waals surface area contributed by atoms with Crippen LogP contribution in [0.2, 0.25) is 0 Å². The number of nitrogens with zero attached hydrogens (tertiary/aromatic N) is 1. The van der Waals surface area contributed by atoms with Crippen LogP contribution in [0.1, 0.15) is 20.8 Å². The van der Waals surface area contributed by atoms with Gasteiger partial charge in [0.2, 0.25) is 0 Å². The summed E-state index contributed by atoms with van der Waals surface area (Å²) in [5, 5.41) is 12.9. The molecule has 0 aliphatic rings. The van der Waals surface area contributed by atoms with Crippen LogP contribution in [0.15, 0.2) is 60.8 Å². The van der Waals surface area contributed by atoms with Gasteiger partial charge in [-0.2, -0.15) is 0 Å². The van der Waals surface area contributed by atoms with Gasteiger partial charge in [0.05, 0.1) is 5.56 Å². The number of carbonyl (C=O) groups is 1. The predicted molar refractivity (Wildman–Crippen MR) is 87.4 cm³/mol. The van der Waals surface area contributed by atoms with Crippen LogP contribution in [0, 0.1) is 0 Å². The minimum absolute atomic E-state index is 0.0407. The van der Waals surface area contributed by atoms with Gasteiger partial charge in [0.15, 0.2) is 5.13 Å². The van der Waals surface area contributed by atoms with E-state index in [0.717, 1.165) is 11.3 Å². The highest BCUT2D eigenvalue weighted by Crippen LogP contribution is 2.23. The lowest BCUT2D eigenvalue weighted by atomic mass is 10.1. The summed E-state index contributed by atoms with van der Waals surface area (Å²) < 4.78 is 0. The lowest BCUT2D eigenvalue weighted by Crippen LogP contribution is -2.11. The van der Waals surface area contributed by atoms with Gasteiger partial charge in [-0.1, -0.05) is 42.5 Å². The van der Waals surface area contributed by atoms with Crippen molar-refractivity contribution >= 4 is 22.4 Å². The van der Waals surface area contributed by atoms with Gasteiger partial charge < -0.3 is 5.11 Å². The van der Waals surface area contributed by atoms with Gasteiger partial charge in [0, 0.05) is 17.5 Å². The Morgan fingerprint density at radius 1 is 1.09 bits per heavy atom. The molecule has 2 N–H and O–H groups in total. The van der Waals surface area contributed by atoms with Crippen LogP contribution in [-0.4, -0.2) is 16.0 Å². The molecule has 0 spiro atoms. The molecule has 5 heteroatoms. The van der Waals surface area contributed by atoms with E-state index in [2.05, 4.69) is 22.4 Å². The quantitative estimate of drug-likeness (QED) is 0.772. The highest BCUT2D eigenvalue weighted by atomic mass is 32.1. The molecular weight excluding hydrogens is 296 g/mol. The van der Waals surface area contributed by atoms with Gasteiger partial charge in [0.1, 0.15) is 5.75 Å². The monoisotopic (exact) mass is 310 g/mol. The second-order valence-corrected chi connectivity index (χ2v) is 5.88. The van der Waals surface area contributed by atoms with Crippen LogP contribution in [0.4, 0.5) is 5.13 Å². The van der Waals surface area contributed by atoms with E-state index in [9.17, 15) is 9.90 Å². The number of carbonyl (C=O) groups excluding carboxylic acids is 1. The number of hydrogen-bond acceptors (Lipinski definition) is 4. The average molecular weight is 310 g/mol. The molecule has 110 valence electrons. The third-order valence-electron chi connectivity index (χ3n) is 3.14. The fraction of sp³-hybridized carbons (Fsp3) is 0.0588.